The summed E-state index contributed by atoms with van der Waals surface area (Å²) in [7, 11) is 0. The fraction of sp³-hybridized carbons (Fsp3) is 0.400. The number of carbonyl (C=O) groups excluding carboxylic acids is 1. The van der Waals surface area contributed by atoms with Crippen LogP contribution in [0.15, 0.2) is 18.2 Å². The van der Waals surface area contributed by atoms with Crippen molar-refractivity contribution in [3.05, 3.63) is 39.9 Å². The summed E-state index contributed by atoms with van der Waals surface area (Å²) in [4.78, 5) is 16.4. The van der Waals surface area contributed by atoms with Gasteiger partial charge >= 0.3 is 0 Å². The average molecular weight is 393 g/mol. The second kappa shape index (κ2) is 9.84. The summed E-state index contributed by atoms with van der Waals surface area (Å²) in [5, 5.41) is 7.95. The molecule has 6 nitrogen and oxygen atoms in total. The molecule has 0 saturated heterocycles. The van der Waals surface area contributed by atoms with Crippen LogP contribution in [0, 0.1) is 0 Å². The van der Waals surface area contributed by atoms with Gasteiger partial charge in [0.25, 0.3) is 5.91 Å². The van der Waals surface area contributed by atoms with Crippen molar-refractivity contribution >= 4 is 41.5 Å². The van der Waals surface area contributed by atoms with Crippen LogP contribution in [0.25, 0.3) is 5.69 Å². The van der Waals surface area contributed by atoms with Crippen LogP contribution in [-0.4, -0.2) is 33.8 Å². The summed E-state index contributed by atoms with van der Waals surface area (Å²) >= 11 is 12.4. The first-order chi connectivity index (χ1) is 11.1. The quantitative estimate of drug-likeness (QED) is 0.709. The third-order valence-electron chi connectivity index (χ3n) is 3.26. The van der Waals surface area contributed by atoms with Gasteiger partial charge in [0.05, 0.1) is 10.0 Å². The highest BCUT2D eigenvalue weighted by Gasteiger charge is 2.19. The molecule has 9 heteroatoms. The molecule has 0 spiro atoms. The molecule has 0 radical (unpaired) electrons. The first-order valence-corrected chi connectivity index (χ1v) is 8.22. The maximum atomic E-state index is 12.1. The smallest absolute Gasteiger partial charge is 0.290 e. The second-order valence-electron chi connectivity index (χ2n) is 4.94. The number of benzene rings is 1. The number of hydrogen-bond donors (Lipinski definition) is 2. The van der Waals surface area contributed by atoms with E-state index in [0.717, 1.165) is 12.8 Å². The molecule has 1 aromatic heterocycles. The van der Waals surface area contributed by atoms with Crippen molar-refractivity contribution in [2.75, 3.05) is 13.1 Å². The number of halogens is 3. The average Bonchev–Trinajstić information content (AvgIpc) is 2.95. The minimum Gasteiger partial charge on any atom is -0.349 e. The van der Waals surface area contributed by atoms with E-state index in [-0.39, 0.29) is 24.1 Å². The van der Waals surface area contributed by atoms with Crippen molar-refractivity contribution in [2.45, 2.75) is 26.2 Å². The fourth-order valence-electron chi connectivity index (χ4n) is 2.09. The fourth-order valence-corrected chi connectivity index (χ4v) is 2.65. The number of aromatic nitrogens is 3. The molecule has 1 amide bonds. The van der Waals surface area contributed by atoms with E-state index in [2.05, 4.69) is 15.4 Å². The Hall–Kier alpha value is -1.34. The van der Waals surface area contributed by atoms with Gasteiger partial charge in [-0.2, -0.15) is 0 Å². The minimum absolute atomic E-state index is 0. The van der Waals surface area contributed by atoms with Crippen LogP contribution in [0.3, 0.4) is 0 Å². The Morgan fingerprint density at radius 1 is 1.29 bits per heavy atom. The van der Waals surface area contributed by atoms with Crippen LogP contribution in [0.2, 0.25) is 10.0 Å². The van der Waals surface area contributed by atoms with Crippen molar-refractivity contribution in [1.29, 1.82) is 0 Å². The van der Waals surface area contributed by atoms with Gasteiger partial charge in [0.1, 0.15) is 11.5 Å². The summed E-state index contributed by atoms with van der Waals surface area (Å²) in [5.74, 6) is 0.399. The molecule has 0 atom stereocenters. The van der Waals surface area contributed by atoms with Gasteiger partial charge in [-0.3, -0.25) is 4.79 Å². The number of hydrogen-bond acceptors (Lipinski definition) is 4. The third kappa shape index (κ3) is 4.83. The predicted molar refractivity (Wildman–Crippen MR) is 98.6 cm³/mol. The Bertz CT molecular complexity index is 669. The molecule has 0 bridgehead atoms. The molecule has 24 heavy (non-hydrogen) atoms. The van der Waals surface area contributed by atoms with E-state index in [9.17, 15) is 4.79 Å². The summed E-state index contributed by atoms with van der Waals surface area (Å²) in [6.07, 6.45) is 2.27. The van der Waals surface area contributed by atoms with Gasteiger partial charge in [0.2, 0.25) is 5.82 Å². The SMILES string of the molecule is CCc1nc(C(=O)NCCCCN)nn1-c1c(Cl)cccc1Cl.Cl. The van der Waals surface area contributed by atoms with Crippen molar-refractivity contribution in [3.63, 3.8) is 0 Å². The van der Waals surface area contributed by atoms with E-state index in [1.54, 1.807) is 18.2 Å². The third-order valence-corrected chi connectivity index (χ3v) is 3.87. The standard InChI is InChI=1S/C15H19Cl2N5O.ClH/c1-2-12-20-14(15(23)19-9-4-3-8-18)21-22(12)13-10(16)6-5-7-11(13)17;/h5-7H,2-4,8-9,18H2,1H3,(H,19,23);1H. The van der Waals surface area contributed by atoms with E-state index < -0.39 is 0 Å². The van der Waals surface area contributed by atoms with Crippen molar-refractivity contribution < 1.29 is 4.79 Å². The van der Waals surface area contributed by atoms with E-state index in [1.165, 1.54) is 4.68 Å². The highest BCUT2D eigenvalue weighted by molar-refractivity contribution is 6.37. The Morgan fingerprint density at radius 3 is 2.54 bits per heavy atom. The van der Waals surface area contributed by atoms with Crippen molar-refractivity contribution in [2.24, 2.45) is 5.73 Å². The van der Waals surface area contributed by atoms with Crippen LogP contribution < -0.4 is 11.1 Å². The second-order valence-corrected chi connectivity index (χ2v) is 5.75. The summed E-state index contributed by atoms with van der Waals surface area (Å²) in [5.41, 5.74) is 5.95. The lowest BCUT2D eigenvalue weighted by atomic mass is 10.3. The zero-order valence-electron chi connectivity index (χ0n) is 13.3. The topological polar surface area (TPSA) is 85.8 Å². The lowest BCUT2D eigenvalue weighted by molar-refractivity contribution is 0.0942. The summed E-state index contributed by atoms with van der Waals surface area (Å²) in [6.45, 7) is 3.07. The lowest BCUT2D eigenvalue weighted by Crippen LogP contribution is -2.26. The zero-order chi connectivity index (χ0) is 16.8. The van der Waals surface area contributed by atoms with E-state index in [0.29, 0.717) is 41.1 Å². The van der Waals surface area contributed by atoms with Gasteiger partial charge in [-0.15, -0.1) is 17.5 Å². The summed E-state index contributed by atoms with van der Waals surface area (Å²) in [6, 6.07) is 5.19. The maximum Gasteiger partial charge on any atom is 0.290 e. The van der Waals surface area contributed by atoms with Gasteiger partial charge < -0.3 is 11.1 Å². The summed E-state index contributed by atoms with van der Waals surface area (Å²) < 4.78 is 1.53. The number of rotatable bonds is 7. The largest absolute Gasteiger partial charge is 0.349 e. The molecule has 0 aliphatic carbocycles. The molecule has 0 aliphatic heterocycles. The van der Waals surface area contributed by atoms with Crippen LogP contribution in [0.4, 0.5) is 0 Å². The maximum absolute atomic E-state index is 12.1. The number of nitrogens with zero attached hydrogens (tertiary/aromatic N) is 3. The number of nitrogens with one attached hydrogen (secondary N) is 1. The van der Waals surface area contributed by atoms with Crippen LogP contribution >= 0.6 is 35.6 Å². The Morgan fingerprint density at radius 2 is 1.96 bits per heavy atom. The van der Waals surface area contributed by atoms with Gasteiger partial charge in [-0.25, -0.2) is 9.67 Å². The molecule has 0 saturated carbocycles. The number of carbonyl (C=O) groups is 1. The zero-order valence-corrected chi connectivity index (χ0v) is 15.6. The molecule has 2 rings (SSSR count). The first-order valence-electron chi connectivity index (χ1n) is 7.47. The molecule has 0 aliphatic rings. The normalized spacial score (nSPS) is 10.3. The highest BCUT2D eigenvalue weighted by Crippen LogP contribution is 2.28. The minimum atomic E-state index is -0.321. The van der Waals surface area contributed by atoms with Crippen molar-refractivity contribution in [3.8, 4) is 5.69 Å². The monoisotopic (exact) mass is 391 g/mol. The Kier molecular flexibility index (Phi) is 8.48. The highest BCUT2D eigenvalue weighted by atomic mass is 35.5. The first kappa shape index (κ1) is 20.7. The van der Waals surface area contributed by atoms with Gasteiger partial charge in [-0.1, -0.05) is 36.2 Å². The molecular formula is C15H20Cl3N5O. The van der Waals surface area contributed by atoms with E-state index in [4.69, 9.17) is 28.9 Å². The lowest BCUT2D eigenvalue weighted by Gasteiger charge is -2.08. The van der Waals surface area contributed by atoms with E-state index in [1.807, 2.05) is 6.92 Å². The number of unbranched alkanes of at least 4 members (excludes halogenated alkanes) is 1. The van der Waals surface area contributed by atoms with Crippen molar-refractivity contribution in [1.82, 2.24) is 20.1 Å². The van der Waals surface area contributed by atoms with Gasteiger partial charge in [0, 0.05) is 13.0 Å². The molecule has 0 fully saturated rings. The van der Waals surface area contributed by atoms with Crippen LogP contribution in [0.1, 0.15) is 36.2 Å². The number of amides is 1. The molecular weight excluding hydrogens is 373 g/mol. The van der Waals surface area contributed by atoms with Crippen LogP contribution in [0.5, 0.6) is 0 Å². The molecule has 132 valence electrons. The van der Waals surface area contributed by atoms with Gasteiger partial charge in [-0.05, 0) is 31.5 Å². The van der Waals surface area contributed by atoms with Crippen LogP contribution in [-0.2, 0) is 6.42 Å². The molecule has 3 N–H and O–H groups in total. The number of nitrogens with two attached hydrogens (primary N) is 1. The number of aryl methyl sites for hydroxylation is 1. The molecule has 1 heterocycles. The molecule has 2 aromatic rings. The van der Waals surface area contributed by atoms with Gasteiger partial charge in [0.15, 0.2) is 0 Å². The predicted octanol–water partition coefficient (Wildman–Crippen LogP) is 3.03. The molecule has 1 aromatic carbocycles. The van der Waals surface area contributed by atoms with E-state index >= 15 is 0 Å². The molecule has 0 unspecified atom stereocenters. The Balaban J connectivity index is 0.00000288. The number of para-hydroxylation sites is 1. The Labute approximate surface area is 157 Å².